The number of aliphatic hydroxyl groups is 1. The fourth-order valence-corrected chi connectivity index (χ4v) is 4.55. The van der Waals surface area contributed by atoms with E-state index in [1.54, 1.807) is 24.3 Å². The molecule has 2 aromatic carbocycles. The number of nitro groups is 1. The molecule has 0 aromatic heterocycles. The number of amides is 1. The summed E-state index contributed by atoms with van der Waals surface area (Å²) in [7, 11) is 3.81. The van der Waals surface area contributed by atoms with Gasteiger partial charge in [0.25, 0.3) is 17.4 Å². The van der Waals surface area contributed by atoms with Crippen molar-refractivity contribution >= 4 is 23.1 Å². The summed E-state index contributed by atoms with van der Waals surface area (Å²) in [6, 6.07) is 10.1. The Morgan fingerprint density at radius 3 is 2.71 bits per heavy atom. The first-order chi connectivity index (χ1) is 16.2. The molecule has 2 aliphatic rings. The van der Waals surface area contributed by atoms with Gasteiger partial charge in [0.2, 0.25) is 0 Å². The molecule has 1 fully saturated rings. The highest BCUT2D eigenvalue weighted by atomic mass is 16.6. The highest BCUT2D eigenvalue weighted by Crippen LogP contribution is 2.41. The minimum atomic E-state index is -0.925. The van der Waals surface area contributed by atoms with Crippen LogP contribution in [0, 0.1) is 10.1 Å². The van der Waals surface area contributed by atoms with Gasteiger partial charge in [0.05, 0.1) is 16.5 Å². The predicted molar refractivity (Wildman–Crippen MR) is 126 cm³/mol. The van der Waals surface area contributed by atoms with Crippen molar-refractivity contribution in [1.82, 2.24) is 9.80 Å². The summed E-state index contributed by atoms with van der Waals surface area (Å²) in [4.78, 5) is 40.4. The Labute approximate surface area is 197 Å². The topological polar surface area (TPSA) is 113 Å². The standard InChI is InChI=1S/C25H27N3O6/c1-15-12-18-13-17(8-9-20(18)34-15)23(29)21-22(16-6-4-7-19(14-16)28(32)33)27(25(31)24(21)30)11-5-10-26(2)3/h4,6-9,13-15,22,29H,5,10-12H2,1-3H3. The van der Waals surface area contributed by atoms with Gasteiger partial charge in [-0.15, -0.1) is 0 Å². The van der Waals surface area contributed by atoms with Gasteiger partial charge in [-0.1, -0.05) is 12.1 Å². The van der Waals surface area contributed by atoms with Crippen molar-refractivity contribution in [3.05, 3.63) is 74.8 Å². The van der Waals surface area contributed by atoms with Crippen LogP contribution in [0.2, 0.25) is 0 Å². The molecule has 178 valence electrons. The average molecular weight is 466 g/mol. The number of hydrogen-bond donors (Lipinski definition) is 1. The third-order valence-corrected chi connectivity index (χ3v) is 6.11. The van der Waals surface area contributed by atoms with Crippen LogP contribution in [0.5, 0.6) is 5.75 Å². The SMILES string of the molecule is CC1Cc2cc(C(O)=C3C(=O)C(=O)N(CCCN(C)C)C3c3cccc([N+](=O)[O-])c3)ccc2O1. The molecule has 2 aliphatic heterocycles. The minimum Gasteiger partial charge on any atom is -0.507 e. The molecule has 0 aliphatic carbocycles. The third kappa shape index (κ3) is 4.38. The number of non-ortho nitro benzene ring substituents is 1. The molecule has 2 heterocycles. The largest absolute Gasteiger partial charge is 0.507 e. The number of carbonyl (C=O) groups is 2. The Hall–Kier alpha value is -3.72. The van der Waals surface area contributed by atoms with Gasteiger partial charge < -0.3 is 19.6 Å². The monoisotopic (exact) mass is 465 g/mol. The molecule has 9 nitrogen and oxygen atoms in total. The molecule has 1 saturated heterocycles. The average Bonchev–Trinajstić information content (AvgIpc) is 3.29. The molecule has 1 amide bonds. The number of hydrogen-bond acceptors (Lipinski definition) is 7. The predicted octanol–water partition coefficient (Wildman–Crippen LogP) is 3.29. The van der Waals surface area contributed by atoms with Crippen LogP contribution >= 0.6 is 0 Å². The number of benzene rings is 2. The van der Waals surface area contributed by atoms with Crippen molar-refractivity contribution in [2.75, 3.05) is 27.2 Å². The number of carbonyl (C=O) groups excluding carboxylic acids is 2. The van der Waals surface area contributed by atoms with Gasteiger partial charge in [0.15, 0.2) is 0 Å². The van der Waals surface area contributed by atoms with Crippen molar-refractivity contribution in [1.29, 1.82) is 0 Å². The molecule has 34 heavy (non-hydrogen) atoms. The number of nitro benzene ring substituents is 1. The van der Waals surface area contributed by atoms with E-state index in [4.69, 9.17) is 4.74 Å². The van der Waals surface area contributed by atoms with Crippen LogP contribution in [-0.2, 0) is 16.0 Å². The molecular formula is C25H27N3O6. The minimum absolute atomic E-state index is 0.0135. The number of ketones is 1. The fraction of sp³-hybridized carbons (Fsp3) is 0.360. The van der Waals surface area contributed by atoms with E-state index in [1.807, 2.05) is 25.9 Å². The number of ether oxygens (including phenoxy) is 1. The van der Waals surface area contributed by atoms with Gasteiger partial charge in [-0.3, -0.25) is 19.7 Å². The lowest BCUT2D eigenvalue weighted by Crippen LogP contribution is -2.32. The zero-order valence-electron chi connectivity index (χ0n) is 19.4. The number of fused-ring (bicyclic) bond motifs is 1. The Morgan fingerprint density at radius 2 is 2.00 bits per heavy atom. The van der Waals surface area contributed by atoms with E-state index >= 15 is 0 Å². The highest BCUT2D eigenvalue weighted by molar-refractivity contribution is 6.46. The molecular weight excluding hydrogens is 438 g/mol. The number of Topliss-reactive ketones (excluding diaryl/α,β-unsaturated/α-hetero) is 1. The molecule has 1 N–H and O–H groups in total. The van der Waals surface area contributed by atoms with Crippen LogP contribution in [0.4, 0.5) is 5.69 Å². The van der Waals surface area contributed by atoms with Crippen LogP contribution in [-0.4, -0.2) is 64.8 Å². The van der Waals surface area contributed by atoms with Crippen molar-refractivity contribution in [3.63, 3.8) is 0 Å². The number of aliphatic hydroxyl groups excluding tert-OH is 1. The number of nitrogens with zero attached hydrogens (tertiary/aromatic N) is 3. The summed E-state index contributed by atoms with van der Waals surface area (Å²) in [6.07, 6.45) is 1.28. The molecule has 2 aromatic rings. The molecule has 0 radical (unpaired) electrons. The quantitative estimate of drug-likeness (QED) is 0.219. The first-order valence-corrected chi connectivity index (χ1v) is 11.1. The molecule has 4 rings (SSSR count). The van der Waals surface area contributed by atoms with Crippen molar-refractivity contribution in [3.8, 4) is 5.75 Å². The molecule has 0 bridgehead atoms. The van der Waals surface area contributed by atoms with E-state index in [0.29, 0.717) is 30.5 Å². The van der Waals surface area contributed by atoms with Gasteiger partial charge in [0, 0.05) is 30.7 Å². The first-order valence-electron chi connectivity index (χ1n) is 11.1. The van der Waals surface area contributed by atoms with Crippen LogP contribution in [0.15, 0.2) is 48.0 Å². The van der Waals surface area contributed by atoms with E-state index in [-0.39, 0.29) is 29.7 Å². The van der Waals surface area contributed by atoms with Crippen LogP contribution < -0.4 is 4.74 Å². The molecule has 9 heteroatoms. The second-order valence-electron chi connectivity index (χ2n) is 8.96. The third-order valence-electron chi connectivity index (χ3n) is 6.11. The Balaban J connectivity index is 1.81. The fourth-order valence-electron chi connectivity index (χ4n) is 4.55. The summed E-state index contributed by atoms with van der Waals surface area (Å²) in [5.74, 6) is -1.10. The zero-order valence-corrected chi connectivity index (χ0v) is 19.4. The van der Waals surface area contributed by atoms with Gasteiger partial charge in [-0.25, -0.2) is 0 Å². The zero-order chi connectivity index (χ0) is 24.6. The van der Waals surface area contributed by atoms with Crippen LogP contribution in [0.1, 0.15) is 36.1 Å². The molecule has 0 saturated carbocycles. The lowest BCUT2D eigenvalue weighted by Gasteiger charge is -2.25. The van der Waals surface area contributed by atoms with Gasteiger partial charge in [-0.05, 0) is 63.3 Å². The van der Waals surface area contributed by atoms with Crippen LogP contribution in [0.25, 0.3) is 5.76 Å². The number of rotatable bonds is 7. The second-order valence-corrected chi connectivity index (χ2v) is 8.96. The van der Waals surface area contributed by atoms with E-state index in [2.05, 4.69) is 0 Å². The van der Waals surface area contributed by atoms with Gasteiger partial charge >= 0.3 is 0 Å². The van der Waals surface area contributed by atoms with Gasteiger partial charge in [-0.2, -0.15) is 0 Å². The summed E-state index contributed by atoms with van der Waals surface area (Å²) >= 11 is 0. The van der Waals surface area contributed by atoms with Gasteiger partial charge in [0.1, 0.15) is 17.6 Å². The van der Waals surface area contributed by atoms with E-state index in [1.165, 1.54) is 23.1 Å². The maximum absolute atomic E-state index is 13.1. The Kier molecular flexibility index (Phi) is 6.39. The summed E-state index contributed by atoms with van der Waals surface area (Å²) in [5, 5.41) is 22.6. The maximum Gasteiger partial charge on any atom is 0.295 e. The van der Waals surface area contributed by atoms with E-state index in [0.717, 1.165) is 11.3 Å². The van der Waals surface area contributed by atoms with Crippen LogP contribution in [0.3, 0.4) is 0 Å². The summed E-state index contributed by atoms with van der Waals surface area (Å²) < 4.78 is 5.72. The lowest BCUT2D eigenvalue weighted by molar-refractivity contribution is -0.384. The maximum atomic E-state index is 13.1. The first kappa shape index (κ1) is 23.4. The molecule has 2 atom stereocenters. The second kappa shape index (κ2) is 9.26. The van der Waals surface area contributed by atoms with E-state index in [9.17, 15) is 24.8 Å². The smallest absolute Gasteiger partial charge is 0.295 e. The Bertz CT molecular complexity index is 1190. The lowest BCUT2D eigenvalue weighted by atomic mass is 9.94. The summed E-state index contributed by atoms with van der Waals surface area (Å²) in [5.41, 5.74) is 1.49. The van der Waals surface area contributed by atoms with Crippen molar-refractivity contribution in [2.45, 2.75) is 31.9 Å². The van der Waals surface area contributed by atoms with E-state index < -0.39 is 22.7 Å². The molecule has 2 unspecified atom stereocenters. The normalized spacial score (nSPS) is 21.1. The van der Waals surface area contributed by atoms with Crippen molar-refractivity contribution < 1.29 is 24.4 Å². The van der Waals surface area contributed by atoms with Crippen molar-refractivity contribution in [2.24, 2.45) is 0 Å². The Morgan fingerprint density at radius 1 is 1.24 bits per heavy atom. The molecule has 0 spiro atoms. The number of likely N-dealkylation sites (tertiary alicyclic amines) is 1. The highest BCUT2D eigenvalue weighted by Gasteiger charge is 2.46. The summed E-state index contributed by atoms with van der Waals surface area (Å²) in [6.45, 7) is 2.90.